The summed E-state index contributed by atoms with van der Waals surface area (Å²) < 4.78 is 0. The first-order valence-electron chi connectivity index (χ1n) is 2.77. The van der Waals surface area contributed by atoms with Gasteiger partial charge in [-0.15, -0.1) is 0 Å². The molecule has 0 rings (SSSR count). The van der Waals surface area contributed by atoms with Crippen LogP contribution in [0.4, 0.5) is 0 Å². The van der Waals surface area contributed by atoms with Crippen molar-refractivity contribution in [3.8, 4) is 0 Å². The van der Waals surface area contributed by atoms with E-state index in [4.69, 9.17) is 0 Å². The molecule has 0 saturated heterocycles. The summed E-state index contributed by atoms with van der Waals surface area (Å²) >= 11 is 0. The van der Waals surface area contributed by atoms with E-state index in [0.717, 1.165) is 6.42 Å². The van der Waals surface area contributed by atoms with Gasteiger partial charge in [0.1, 0.15) is 0 Å². The number of hydrogen-bond acceptors (Lipinski definition) is 0. The summed E-state index contributed by atoms with van der Waals surface area (Å²) in [7, 11) is 0. The second-order valence-electron chi connectivity index (χ2n) is 1.89. The fourth-order valence-corrected chi connectivity index (χ4v) is 0. The maximum atomic E-state index is 3.64. The Morgan fingerprint density at radius 2 is 1.38 bits per heavy atom. The molecule has 0 bridgehead atoms. The van der Waals surface area contributed by atoms with Gasteiger partial charge in [0, 0.05) is 0 Å². The Morgan fingerprint density at radius 1 is 1.38 bits per heavy atom. The van der Waals surface area contributed by atoms with Crippen LogP contribution in [0.5, 0.6) is 0 Å². The minimum Gasteiger partial charge on any atom is -0.344 e. The predicted octanol–water partition coefficient (Wildman–Crippen LogP) is 2.70. The molecule has 0 atom stereocenters. The van der Waals surface area contributed by atoms with Crippen LogP contribution in [-0.4, -0.2) is 0 Å². The second-order valence-corrected chi connectivity index (χ2v) is 1.89. The molecular formula is C7H16Zn. The third-order valence-electron chi connectivity index (χ3n) is 0. The average Bonchev–Trinajstić information content (AvgIpc) is 1.33. The first-order chi connectivity index (χ1) is 3.15. The molecule has 0 aromatic rings. The van der Waals surface area contributed by atoms with Crippen molar-refractivity contribution in [3.05, 3.63) is 13.8 Å². The van der Waals surface area contributed by atoms with Crippen molar-refractivity contribution in [2.24, 2.45) is 5.92 Å². The second kappa shape index (κ2) is 15.6. The standard InChI is InChI=1S/C4H9.C3H7.Zn/c1-4(2)3;1-3-2;/h4H,1H2,2-3H3;1,3H2,2H3;/q2*-1;+2. The molecule has 0 aromatic heterocycles. The van der Waals surface area contributed by atoms with E-state index >= 15 is 0 Å². The van der Waals surface area contributed by atoms with E-state index < -0.39 is 0 Å². The quantitative estimate of drug-likeness (QED) is 0.383. The van der Waals surface area contributed by atoms with E-state index in [9.17, 15) is 0 Å². The Hall–Kier alpha value is 0.623. The van der Waals surface area contributed by atoms with Crippen LogP contribution >= 0.6 is 0 Å². The number of hydrogen-bond donors (Lipinski definition) is 0. The third-order valence-corrected chi connectivity index (χ3v) is 0. The van der Waals surface area contributed by atoms with Crippen molar-refractivity contribution < 1.29 is 19.5 Å². The minimum atomic E-state index is 0. The first-order valence-corrected chi connectivity index (χ1v) is 2.77. The predicted molar refractivity (Wildman–Crippen MR) is 35.8 cm³/mol. The molecule has 0 aliphatic carbocycles. The molecule has 0 aliphatic rings. The van der Waals surface area contributed by atoms with Gasteiger partial charge in [0.2, 0.25) is 0 Å². The Kier molecular flexibility index (Phi) is 31.0. The van der Waals surface area contributed by atoms with Gasteiger partial charge >= 0.3 is 19.5 Å². The van der Waals surface area contributed by atoms with Crippen LogP contribution in [0.1, 0.15) is 27.2 Å². The SMILES string of the molecule is [CH2-]C(C)C.[CH2-]CC.[Zn+2]. The molecule has 0 heterocycles. The summed E-state index contributed by atoms with van der Waals surface area (Å²) in [6, 6.07) is 0. The zero-order chi connectivity index (χ0) is 6.28. The molecule has 0 radical (unpaired) electrons. The molecule has 0 aromatic carbocycles. The normalized spacial score (nSPS) is 6.75. The minimum absolute atomic E-state index is 0. The van der Waals surface area contributed by atoms with Gasteiger partial charge in [-0.25, -0.2) is 0 Å². The molecule has 46 valence electrons. The molecule has 0 spiro atoms. The maximum Gasteiger partial charge on any atom is 2.00 e. The molecule has 0 N–H and O–H groups in total. The van der Waals surface area contributed by atoms with Gasteiger partial charge in [0.15, 0.2) is 0 Å². The Balaban J connectivity index is -0.0000000575. The van der Waals surface area contributed by atoms with Gasteiger partial charge in [-0.2, -0.15) is 12.3 Å². The summed E-state index contributed by atoms with van der Waals surface area (Å²) in [5.74, 6) is 0.583. The zero-order valence-electron chi connectivity index (χ0n) is 6.41. The van der Waals surface area contributed by atoms with Crippen LogP contribution < -0.4 is 0 Å². The summed E-state index contributed by atoms with van der Waals surface area (Å²) in [5, 5.41) is 0. The summed E-state index contributed by atoms with van der Waals surface area (Å²) in [5.41, 5.74) is 0. The van der Waals surface area contributed by atoms with Crippen molar-refractivity contribution in [1.82, 2.24) is 0 Å². The van der Waals surface area contributed by atoms with Gasteiger partial charge < -0.3 is 13.8 Å². The zero-order valence-corrected chi connectivity index (χ0v) is 9.37. The Bertz CT molecular complexity index is 15.6. The molecule has 0 amide bonds. The molecule has 0 aliphatic heterocycles. The Labute approximate surface area is 66.8 Å². The molecule has 8 heavy (non-hydrogen) atoms. The van der Waals surface area contributed by atoms with Gasteiger partial charge in [0.05, 0.1) is 0 Å². The summed E-state index contributed by atoms with van der Waals surface area (Å²) in [4.78, 5) is 0. The maximum absolute atomic E-state index is 3.64. The van der Waals surface area contributed by atoms with E-state index in [1.165, 1.54) is 0 Å². The largest absolute Gasteiger partial charge is 2.00 e. The van der Waals surface area contributed by atoms with Gasteiger partial charge in [0.25, 0.3) is 0 Å². The van der Waals surface area contributed by atoms with Crippen molar-refractivity contribution >= 4 is 0 Å². The van der Waals surface area contributed by atoms with Crippen molar-refractivity contribution in [1.29, 1.82) is 0 Å². The van der Waals surface area contributed by atoms with Crippen molar-refractivity contribution in [2.75, 3.05) is 0 Å². The molecule has 1 heteroatoms. The first kappa shape index (κ1) is 15.8. The van der Waals surface area contributed by atoms with Crippen LogP contribution in [0.25, 0.3) is 0 Å². The van der Waals surface area contributed by atoms with E-state index in [1.807, 2.05) is 6.92 Å². The molecule has 0 unspecified atom stereocenters. The summed E-state index contributed by atoms with van der Waals surface area (Å²) in [6.45, 7) is 13.2. The average molecular weight is 166 g/mol. The molecule has 0 fully saturated rings. The molecule has 0 saturated carbocycles. The Morgan fingerprint density at radius 3 is 1.38 bits per heavy atom. The van der Waals surface area contributed by atoms with Crippen molar-refractivity contribution in [2.45, 2.75) is 27.2 Å². The van der Waals surface area contributed by atoms with Gasteiger partial charge in [-0.3, -0.25) is 0 Å². The number of rotatable bonds is 0. The van der Waals surface area contributed by atoms with Crippen molar-refractivity contribution in [3.63, 3.8) is 0 Å². The van der Waals surface area contributed by atoms with E-state index in [-0.39, 0.29) is 19.5 Å². The van der Waals surface area contributed by atoms with E-state index in [1.54, 1.807) is 0 Å². The van der Waals surface area contributed by atoms with E-state index in [2.05, 4.69) is 27.7 Å². The van der Waals surface area contributed by atoms with Crippen LogP contribution in [0, 0.1) is 19.8 Å². The fourth-order valence-electron chi connectivity index (χ4n) is 0. The van der Waals surface area contributed by atoms with Crippen LogP contribution in [-0.2, 0) is 19.5 Å². The van der Waals surface area contributed by atoms with Crippen LogP contribution in [0.15, 0.2) is 0 Å². The van der Waals surface area contributed by atoms with Crippen LogP contribution in [0.3, 0.4) is 0 Å². The smallest absolute Gasteiger partial charge is 0.344 e. The third kappa shape index (κ3) is 539. The summed E-state index contributed by atoms with van der Waals surface area (Å²) in [6.07, 6.45) is 1.00. The fraction of sp³-hybridized carbons (Fsp3) is 0.714. The molecular weight excluding hydrogens is 149 g/mol. The van der Waals surface area contributed by atoms with Gasteiger partial charge in [-0.1, -0.05) is 20.8 Å². The monoisotopic (exact) mass is 164 g/mol. The molecule has 0 nitrogen and oxygen atoms in total. The topological polar surface area (TPSA) is 0 Å². The van der Waals surface area contributed by atoms with E-state index in [0.29, 0.717) is 5.92 Å². The van der Waals surface area contributed by atoms with Gasteiger partial charge in [-0.05, 0) is 0 Å². The van der Waals surface area contributed by atoms with Crippen LogP contribution in [0.2, 0.25) is 0 Å².